The second kappa shape index (κ2) is 7.02. The number of rotatable bonds is 5. The summed E-state index contributed by atoms with van der Waals surface area (Å²) in [5.41, 5.74) is 0.581. The highest BCUT2D eigenvalue weighted by atomic mass is 35.5. The van der Waals surface area contributed by atoms with E-state index in [1.54, 1.807) is 12.1 Å². The van der Waals surface area contributed by atoms with Gasteiger partial charge in [-0.1, -0.05) is 11.6 Å². The van der Waals surface area contributed by atoms with Crippen molar-refractivity contribution in [3.05, 3.63) is 52.5 Å². The third-order valence-corrected chi connectivity index (χ3v) is 3.43. The maximum atomic E-state index is 12.3. The summed E-state index contributed by atoms with van der Waals surface area (Å²) >= 11 is 5.79. The molecule has 0 aliphatic rings. The molecular formula is C16H14ClNO5. The quantitative estimate of drug-likeness (QED) is 0.875. The second-order valence-electron chi connectivity index (χ2n) is 4.52. The zero-order valence-corrected chi connectivity index (χ0v) is 13.2. The third-order valence-electron chi connectivity index (χ3n) is 3.10. The number of carbonyl (C=O) groups is 2. The van der Waals surface area contributed by atoms with Gasteiger partial charge in [0.25, 0.3) is 5.91 Å². The van der Waals surface area contributed by atoms with Gasteiger partial charge in [0.05, 0.1) is 24.8 Å². The van der Waals surface area contributed by atoms with Crippen LogP contribution in [0.3, 0.4) is 0 Å². The van der Waals surface area contributed by atoms with Crippen LogP contribution in [0, 0.1) is 0 Å². The molecule has 0 aromatic heterocycles. The molecule has 2 aromatic carbocycles. The van der Waals surface area contributed by atoms with Crippen LogP contribution in [-0.4, -0.2) is 31.2 Å². The summed E-state index contributed by atoms with van der Waals surface area (Å²) in [6, 6.07) is 8.94. The molecule has 0 aliphatic heterocycles. The molecule has 0 saturated heterocycles. The number of carboxylic acid groups (broad SMARTS) is 1. The number of carbonyl (C=O) groups excluding carboxylic acids is 1. The minimum atomic E-state index is -1.17. The van der Waals surface area contributed by atoms with Gasteiger partial charge in [-0.2, -0.15) is 0 Å². The van der Waals surface area contributed by atoms with Crippen LogP contribution in [0.5, 0.6) is 11.5 Å². The van der Waals surface area contributed by atoms with E-state index >= 15 is 0 Å². The highest BCUT2D eigenvalue weighted by Gasteiger charge is 2.13. The number of benzene rings is 2. The lowest BCUT2D eigenvalue weighted by atomic mass is 10.1. The fraction of sp³-hybridized carbons (Fsp3) is 0.125. The van der Waals surface area contributed by atoms with E-state index in [0.717, 1.165) is 0 Å². The van der Waals surface area contributed by atoms with Gasteiger partial charge >= 0.3 is 5.97 Å². The van der Waals surface area contributed by atoms with Crippen molar-refractivity contribution < 1.29 is 24.2 Å². The van der Waals surface area contributed by atoms with Gasteiger partial charge in [-0.3, -0.25) is 4.79 Å². The normalized spacial score (nSPS) is 10.0. The molecule has 6 nitrogen and oxygen atoms in total. The fourth-order valence-electron chi connectivity index (χ4n) is 1.95. The van der Waals surface area contributed by atoms with Gasteiger partial charge in [0.1, 0.15) is 0 Å². The van der Waals surface area contributed by atoms with Crippen LogP contribution < -0.4 is 14.8 Å². The Bertz CT molecular complexity index is 760. The number of amides is 1. The summed E-state index contributed by atoms with van der Waals surface area (Å²) in [6.45, 7) is 0. The molecule has 0 heterocycles. The molecule has 0 atom stereocenters. The molecule has 0 unspecified atom stereocenters. The Balaban J connectivity index is 2.25. The van der Waals surface area contributed by atoms with Gasteiger partial charge in [-0.25, -0.2) is 4.79 Å². The van der Waals surface area contributed by atoms with Crippen molar-refractivity contribution in [3.8, 4) is 11.5 Å². The number of methoxy groups -OCH3 is 2. The fourth-order valence-corrected chi connectivity index (χ4v) is 2.15. The summed E-state index contributed by atoms with van der Waals surface area (Å²) < 4.78 is 10.3. The summed E-state index contributed by atoms with van der Waals surface area (Å²) in [7, 11) is 2.97. The largest absolute Gasteiger partial charge is 0.493 e. The molecule has 0 spiro atoms. The van der Waals surface area contributed by atoms with Crippen molar-refractivity contribution >= 4 is 29.2 Å². The Morgan fingerprint density at radius 3 is 2.35 bits per heavy atom. The van der Waals surface area contributed by atoms with Gasteiger partial charge in [0.2, 0.25) is 0 Å². The molecule has 2 N–H and O–H groups in total. The van der Waals surface area contributed by atoms with Crippen molar-refractivity contribution in [1.29, 1.82) is 0 Å². The number of ether oxygens (including phenoxy) is 2. The van der Waals surface area contributed by atoms with Crippen LogP contribution in [0.4, 0.5) is 5.69 Å². The number of halogens is 1. The summed E-state index contributed by atoms with van der Waals surface area (Å²) in [5.74, 6) is -0.659. The highest BCUT2D eigenvalue weighted by Crippen LogP contribution is 2.28. The number of anilines is 1. The zero-order chi connectivity index (χ0) is 17.0. The van der Waals surface area contributed by atoms with Crippen molar-refractivity contribution in [3.63, 3.8) is 0 Å². The van der Waals surface area contributed by atoms with Crippen LogP contribution in [0.1, 0.15) is 20.7 Å². The average molecular weight is 336 g/mol. The van der Waals surface area contributed by atoms with Crippen molar-refractivity contribution in [1.82, 2.24) is 0 Å². The van der Waals surface area contributed by atoms with Gasteiger partial charge in [-0.05, 0) is 36.4 Å². The Kier molecular flexibility index (Phi) is 5.08. The first kappa shape index (κ1) is 16.6. The maximum absolute atomic E-state index is 12.3. The van der Waals surface area contributed by atoms with Crippen molar-refractivity contribution in [2.24, 2.45) is 0 Å². The number of nitrogens with one attached hydrogen (secondary N) is 1. The molecular weight excluding hydrogens is 322 g/mol. The number of hydrogen-bond acceptors (Lipinski definition) is 4. The minimum Gasteiger partial charge on any atom is -0.493 e. The maximum Gasteiger partial charge on any atom is 0.337 e. The summed E-state index contributed by atoms with van der Waals surface area (Å²) in [5, 5.41) is 11.8. The minimum absolute atomic E-state index is 0.0863. The summed E-state index contributed by atoms with van der Waals surface area (Å²) in [4.78, 5) is 23.3. The third kappa shape index (κ3) is 3.73. The monoisotopic (exact) mass is 335 g/mol. The first-order chi connectivity index (χ1) is 11.0. The van der Waals surface area contributed by atoms with E-state index < -0.39 is 11.9 Å². The molecule has 23 heavy (non-hydrogen) atoms. The number of carboxylic acids is 1. The van der Waals surface area contributed by atoms with Crippen LogP contribution >= 0.6 is 11.6 Å². The number of aromatic carboxylic acids is 1. The topological polar surface area (TPSA) is 84.9 Å². The first-order valence-corrected chi connectivity index (χ1v) is 6.90. The second-order valence-corrected chi connectivity index (χ2v) is 4.93. The highest BCUT2D eigenvalue weighted by molar-refractivity contribution is 6.33. The molecule has 0 fully saturated rings. The molecule has 120 valence electrons. The number of hydrogen-bond donors (Lipinski definition) is 2. The SMILES string of the molecule is COc1ccc(C(=O)Nc2ccc(Cl)c(C(=O)O)c2)cc1OC. The molecule has 7 heteroatoms. The predicted molar refractivity (Wildman–Crippen MR) is 85.9 cm³/mol. The summed E-state index contributed by atoms with van der Waals surface area (Å²) in [6.07, 6.45) is 0. The predicted octanol–water partition coefficient (Wildman–Crippen LogP) is 3.31. The van der Waals surface area contributed by atoms with E-state index in [9.17, 15) is 9.59 Å². The van der Waals surface area contributed by atoms with Crippen LogP contribution in [0.2, 0.25) is 5.02 Å². The van der Waals surface area contributed by atoms with E-state index in [1.165, 1.54) is 38.5 Å². The Hall–Kier alpha value is -2.73. The molecule has 2 aromatic rings. The molecule has 0 saturated carbocycles. The lowest BCUT2D eigenvalue weighted by molar-refractivity contribution is 0.0696. The Morgan fingerprint density at radius 2 is 1.74 bits per heavy atom. The van der Waals surface area contributed by atoms with E-state index in [4.69, 9.17) is 26.2 Å². The Morgan fingerprint density at radius 1 is 1.04 bits per heavy atom. The van der Waals surface area contributed by atoms with Gasteiger partial charge in [-0.15, -0.1) is 0 Å². The smallest absolute Gasteiger partial charge is 0.337 e. The molecule has 0 bridgehead atoms. The zero-order valence-electron chi connectivity index (χ0n) is 12.4. The lowest BCUT2D eigenvalue weighted by Gasteiger charge is -2.10. The molecule has 1 amide bonds. The molecule has 0 radical (unpaired) electrons. The van der Waals surface area contributed by atoms with E-state index in [2.05, 4.69) is 5.32 Å². The Labute approximate surface area is 137 Å². The average Bonchev–Trinajstić information content (AvgIpc) is 2.55. The van der Waals surface area contributed by atoms with Gasteiger partial charge in [0, 0.05) is 11.3 Å². The van der Waals surface area contributed by atoms with Crippen LogP contribution in [0.15, 0.2) is 36.4 Å². The van der Waals surface area contributed by atoms with Crippen LogP contribution in [0.25, 0.3) is 0 Å². The van der Waals surface area contributed by atoms with Crippen molar-refractivity contribution in [2.75, 3.05) is 19.5 Å². The lowest BCUT2D eigenvalue weighted by Crippen LogP contribution is -2.12. The van der Waals surface area contributed by atoms with Crippen LogP contribution in [-0.2, 0) is 0 Å². The van der Waals surface area contributed by atoms with E-state index in [1.807, 2.05) is 0 Å². The van der Waals surface area contributed by atoms with E-state index in [0.29, 0.717) is 22.7 Å². The van der Waals surface area contributed by atoms with E-state index in [-0.39, 0.29) is 10.6 Å². The first-order valence-electron chi connectivity index (χ1n) is 6.52. The molecule has 0 aliphatic carbocycles. The van der Waals surface area contributed by atoms with Gasteiger partial charge in [0.15, 0.2) is 11.5 Å². The standard InChI is InChI=1S/C16H14ClNO5/c1-22-13-6-3-9(7-14(13)23-2)15(19)18-10-4-5-12(17)11(8-10)16(20)21/h3-8H,1-2H3,(H,18,19)(H,20,21). The molecule has 2 rings (SSSR count). The van der Waals surface area contributed by atoms with Gasteiger partial charge < -0.3 is 19.9 Å². The van der Waals surface area contributed by atoms with Crippen molar-refractivity contribution in [2.45, 2.75) is 0 Å².